The molecular weight excluding hydrogens is 335 g/mol. The minimum atomic E-state index is -4.63. The Morgan fingerprint density at radius 2 is 1.88 bits per heavy atom. The molecule has 2 fully saturated rings. The van der Waals surface area contributed by atoms with Gasteiger partial charge in [0.2, 0.25) is 11.8 Å². The number of hydrogen-bond donors (Lipinski definition) is 0. The van der Waals surface area contributed by atoms with Crippen LogP contribution in [0, 0.1) is 5.92 Å². The molecule has 1 atom stereocenters. The van der Waals surface area contributed by atoms with Gasteiger partial charge in [-0.1, -0.05) is 32.1 Å². The largest absolute Gasteiger partial charge is 0.470 e. The van der Waals surface area contributed by atoms with Crippen molar-refractivity contribution < 1.29 is 22.4 Å². The van der Waals surface area contributed by atoms with Crippen molar-refractivity contribution in [1.29, 1.82) is 0 Å². The van der Waals surface area contributed by atoms with E-state index in [1.54, 1.807) is 4.90 Å². The molecule has 1 aliphatic heterocycles. The van der Waals surface area contributed by atoms with Crippen molar-refractivity contribution in [3.8, 4) is 0 Å². The second-order valence-electron chi connectivity index (χ2n) is 7.16. The summed E-state index contributed by atoms with van der Waals surface area (Å²) in [4.78, 5) is 14.2. The van der Waals surface area contributed by atoms with Crippen LogP contribution in [0.3, 0.4) is 0 Å². The van der Waals surface area contributed by atoms with E-state index in [-0.39, 0.29) is 17.7 Å². The van der Waals surface area contributed by atoms with Gasteiger partial charge in [-0.2, -0.15) is 13.2 Å². The first-order valence-corrected chi connectivity index (χ1v) is 9.12. The van der Waals surface area contributed by atoms with E-state index in [2.05, 4.69) is 10.2 Å². The summed E-state index contributed by atoms with van der Waals surface area (Å²) < 4.78 is 42.6. The van der Waals surface area contributed by atoms with Crippen LogP contribution >= 0.6 is 0 Å². The maximum absolute atomic E-state index is 12.6. The Hall–Kier alpha value is -1.60. The lowest BCUT2D eigenvalue weighted by Crippen LogP contribution is -2.39. The fraction of sp³-hybridized carbons (Fsp3) is 0.824. The molecule has 140 valence electrons. The van der Waals surface area contributed by atoms with Gasteiger partial charge >= 0.3 is 12.1 Å². The van der Waals surface area contributed by atoms with Crippen LogP contribution in [-0.4, -0.2) is 34.1 Å². The maximum atomic E-state index is 12.6. The molecule has 1 saturated heterocycles. The first-order valence-electron chi connectivity index (χ1n) is 9.12. The number of nitrogens with zero attached hydrogens (tertiary/aromatic N) is 3. The molecule has 5 nitrogen and oxygen atoms in total. The van der Waals surface area contributed by atoms with Gasteiger partial charge in [0.05, 0.1) is 5.92 Å². The van der Waals surface area contributed by atoms with E-state index in [9.17, 15) is 18.0 Å². The van der Waals surface area contributed by atoms with Crippen molar-refractivity contribution in [2.45, 2.75) is 69.9 Å². The highest BCUT2D eigenvalue weighted by Crippen LogP contribution is 2.32. The molecule has 0 N–H and O–H groups in total. The first kappa shape index (κ1) is 18.2. The van der Waals surface area contributed by atoms with E-state index < -0.39 is 12.1 Å². The number of alkyl halides is 3. The second-order valence-corrected chi connectivity index (χ2v) is 7.16. The van der Waals surface area contributed by atoms with Gasteiger partial charge in [0, 0.05) is 19.5 Å². The van der Waals surface area contributed by atoms with Gasteiger partial charge in [-0.3, -0.25) is 4.79 Å². The average Bonchev–Trinajstić information content (AvgIpc) is 3.11. The van der Waals surface area contributed by atoms with Gasteiger partial charge in [0.1, 0.15) is 0 Å². The number of likely N-dealkylation sites (tertiary alicyclic amines) is 1. The average molecular weight is 359 g/mol. The van der Waals surface area contributed by atoms with Crippen molar-refractivity contribution >= 4 is 5.91 Å². The van der Waals surface area contributed by atoms with Crippen LogP contribution in [-0.2, 0) is 11.0 Å². The summed E-state index contributed by atoms with van der Waals surface area (Å²) in [5, 5.41) is 6.63. The summed E-state index contributed by atoms with van der Waals surface area (Å²) in [6.07, 6.45) is 4.42. The van der Waals surface area contributed by atoms with E-state index in [0.29, 0.717) is 31.8 Å². The lowest BCUT2D eigenvalue weighted by molar-refractivity contribution is -0.157. The Bertz CT molecular complexity index is 582. The summed E-state index contributed by atoms with van der Waals surface area (Å²) in [7, 11) is 0. The number of carbonyl (C=O) groups excluding carboxylic acids is 1. The van der Waals surface area contributed by atoms with E-state index in [1.807, 2.05) is 0 Å². The number of halogens is 3. The molecule has 0 aromatic carbocycles. The van der Waals surface area contributed by atoms with E-state index >= 15 is 0 Å². The fourth-order valence-corrected chi connectivity index (χ4v) is 3.88. The number of hydrogen-bond acceptors (Lipinski definition) is 4. The zero-order valence-electron chi connectivity index (χ0n) is 14.2. The Morgan fingerprint density at radius 1 is 1.12 bits per heavy atom. The third kappa shape index (κ3) is 4.73. The zero-order chi connectivity index (χ0) is 17.9. The maximum Gasteiger partial charge on any atom is 0.470 e. The lowest BCUT2D eigenvalue weighted by Gasteiger charge is -2.31. The number of aromatic nitrogens is 2. The summed E-state index contributed by atoms with van der Waals surface area (Å²) in [5.74, 6) is -0.911. The van der Waals surface area contributed by atoms with Crippen LogP contribution in [0.5, 0.6) is 0 Å². The summed E-state index contributed by atoms with van der Waals surface area (Å²) >= 11 is 0. The van der Waals surface area contributed by atoms with Crippen LogP contribution in [0.1, 0.15) is 75.5 Å². The molecule has 1 aliphatic carbocycles. The fourth-order valence-electron chi connectivity index (χ4n) is 3.88. The van der Waals surface area contributed by atoms with Crippen molar-refractivity contribution in [2.75, 3.05) is 13.1 Å². The summed E-state index contributed by atoms with van der Waals surface area (Å²) in [6, 6.07) is 0. The molecule has 1 unspecified atom stereocenters. The minimum absolute atomic E-state index is 0.0166. The molecule has 2 heterocycles. The highest BCUT2D eigenvalue weighted by molar-refractivity contribution is 5.76. The highest BCUT2D eigenvalue weighted by atomic mass is 19.4. The predicted octanol–water partition coefficient (Wildman–Crippen LogP) is 4.15. The Labute approximate surface area is 145 Å². The third-order valence-electron chi connectivity index (χ3n) is 5.30. The number of amides is 1. The van der Waals surface area contributed by atoms with Crippen molar-refractivity contribution in [1.82, 2.24) is 15.1 Å². The smallest absolute Gasteiger partial charge is 0.417 e. The predicted molar refractivity (Wildman–Crippen MR) is 83.7 cm³/mol. The quantitative estimate of drug-likeness (QED) is 0.810. The van der Waals surface area contributed by atoms with Crippen LogP contribution < -0.4 is 0 Å². The van der Waals surface area contributed by atoms with Crippen molar-refractivity contribution in [2.24, 2.45) is 5.92 Å². The van der Waals surface area contributed by atoms with E-state index in [0.717, 1.165) is 12.8 Å². The normalized spacial score (nSPS) is 23.0. The van der Waals surface area contributed by atoms with Gasteiger partial charge in [-0.25, -0.2) is 0 Å². The van der Waals surface area contributed by atoms with E-state index in [4.69, 9.17) is 4.42 Å². The number of rotatable bonds is 4. The summed E-state index contributed by atoms with van der Waals surface area (Å²) in [5.41, 5.74) is 0. The molecule has 2 aliphatic rings. The Kier molecular flexibility index (Phi) is 5.64. The van der Waals surface area contributed by atoms with Crippen molar-refractivity contribution in [3.05, 3.63) is 11.8 Å². The van der Waals surface area contributed by atoms with Gasteiger partial charge in [-0.05, 0) is 25.2 Å². The Morgan fingerprint density at radius 3 is 2.56 bits per heavy atom. The first-order chi connectivity index (χ1) is 11.9. The van der Waals surface area contributed by atoms with E-state index in [1.165, 1.54) is 32.1 Å². The van der Waals surface area contributed by atoms with Gasteiger partial charge in [0.25, 0.3) is 0 Å². The Balaban J connectivity index is 1.53. The molecule has 0 bridgehead atoms. The number of carbonyl (C=O) groups is 1. The highest BCUT2D eigenvalue weighted by Gasteiger charge is 2.39. The third-order valence-corrected chi connectivity index (χ3v) is 5.30. The molecule has 3 rings (SSSR count). The lowest BCUT2D eigenvalue weighted by atomic mass is 9.86. The van der Waals surface area contributed by atoms with Gasteiger partial charge < -0.3 is 9.32 Å². The molecule has 1 saturated carbocycles. The minimum Gasteiger partial charge on any atom is -0.417 e. The summed E-state index contributed by atoms with van der Waals surface area (Å²) in [6.45, 7) is 1.02. The molecule has 0 spiro atoms. The molecular formula is C17H24F3N3O2. The SMILES string of the molecule is O=C(CCC1CCCCC1)N1CCCC(c2nnc(C(F)(F)F)o2)C1. The standard InChI is InChI=1S/C17H24F3N3O2/c18-17(19,20)16-22-21-15(25-16)13-7-4-10-23(11-13)14(24)9-8-12-5-2-1-3-6-12/h12-13H,1-11H2. The van der Waals surface area contributed by atoms with Crippen molar-refractivity contribution in [3.63, 3.8) is 0 Å². The molecule has 8 heteroatoms. The van der Waals surface area contributed by atoms with Crippen LogP contribution in [0.2, 0.25) is 0 Å². The van der Waals surface area contributed by atoms with Gasteiger partial charge in [-0.15, -0.1) is 10.2 Å². The van der Waals surface area contributed by atoms with Crippen LogP contribution in [0.15, 0.2) is 4.42 Å². The topological polar surface area (TPSA) is 59.2 Å². The molecule has 25 heavy (non-hydrogen) atoms. The van der Waals surface area contributed by atoms with Crippen LogP contribution in [0.25, 0.3) is 0 Å². The second kappa shape index (κ2) is 7.74. The van der Waals surface area contributed by atoms with Crippen LogP contribution in [0.4, 0.5) is 13.2 Å². The van der Waals surface area contributed by atoms with Gasteiger partial charge in [0.15, 0.2) is 0 Å². The molecule has 1 aromatic rings. The molecule has 1 aromatic heterocycles. The number of piperidine rings is 1. The molecule has 1 amide bonds. The molecule has 0 radical (unpaired) electrons. The zero-order valence-corrected chi connectivity index (χ0v) is 14.2. The monoisotopic (exact) mass is 359 g/mol.